The molecular weight excluding hydrogens is 284 g/mol. The zero-order valence-corrected chi connectivity index (χ0v) is 12.5. The second kappa shape index (κ2) is 6.05. The Morgan fingerprint density at radius 2 is 2.24 bits per heavy atom. The highest BCUT2D eigenvalue weighted by Crippen LogP contribution is 2.30. The lowest BCUT2D eigenvalue weighted by Crippen LogP contribution is -2.24. The van der Waals surface area contributed by atoms with E-state index in [1.165, 1.54) is 6.33 Å². The maximum absolute atomic E-state index is 12.3. The number of amides is 1. The molecule has 5 nitrogen and oxygen atoms in total. The summed E-state index contributed by atoms with van der Waals surface area (Å²) in [5.41, 5.74) is 1.06. The van der Waals surface area contributed by atoms with Crippen molar-refractivity contribution in [2.24, 2.45) is 0 Å². The average Bonchev–Trinajstić information content (AvgIpc) is 3.12. The Balaban J connectivity index is 1.60. The van der Waals surface area contributed by atoms with Gasteiger partial charge in [0.2, 0.25) is 0 Å². The van der Waals surface area contributed by atoms with Crippen LogP contribution in [0.25, 0.3) is 10.1 Å². The van der Waals surface area contributed by atoms with Crippen LogP contribution in [0.15, 0.2) is 30.6 Å². The first-order valence-corrected chi connectivity index (χ1v) is 7.68. The summed E-state index contributed by atoms with van der Waals surface area (Å²) in [5.74, 6) is 0.855. The van der Waals surface area contributed by atoms with Crippen molar-refractivity contribution in [3.63, 3.8) is 0 Å². The number of rotatable bonds is 5. The molecule has 1 aromatic carbocycles. The van der Waals surface area contributed by atoms with Gasteiger partial charge in [0.25, 0.3) is 5.91 Å². The number of carbonyl (C=O) groups is 1. The van der Waals surface area contributed by atoms with Crippen LogP contribution in [0.3, 0.4) is 0 Å². The number of aromatic nitrogens is 3. The summed E-state index contributed by atoms with van der Waals surface area (Å²) < 4.78 is 1.15. The zero-order valence-electron chi connectivity index (χ0n) is 11.7. The van der Waals surface area contributed by atoms with E-state index < -0.39 is 0 Å². The average molecular weight is 300 g/mol. The summed E-state index contributed by atoms with van der Waals surface area (Å²) in [4.78, 5) is 17.1. The number of aromatic amines is 1. The molecule has 21 heavy (non-hydrogen) atoms. The monoisotopic (exact) mass is 300 g/mol. The van der Waals surface area contributed by atoms with Gasteiger partial charge >= 0.3 is 0 Å². The smallest absolute Gasteiger partial charge is 0.261 e. The van der Waals surface area contributed by atoms with Gasteiger partial charge in [-0.25, -0.2) is 4.98 Å². The molecule has 2 heterocycles. The van der Waals surface area contributed by atoms with Crippen molar-refractivity contribution >= 4 is 27.3 Å². The van der Waals surface area contributed by atoms with Crippen molar-refractivity contribution in [2.75, 3.05) is 6.54 Å². The third-order valence-electron chi connectivity index (χ3n) is 3.39. The quantitative estimate of drug-likeness (QED) is 0.712. The van der Waals surface area contributed by atoms with Gasteiger partial charge in [0.15, 0.2) is 0 Å². The van der Waals surface area contributed by atoms with Crippen LogP contribution in [0, 0.1) is 6.92 Å². The molecule has 0 aliphatic carbocycles. The molecule has 108 valence electrons. The summed E-state index contributed by atoms with van der Waals surface area (Å²) in [6.07, 6.45) is 3.12. The molecule has 0 radical (unpaired) electrons. The second-order valence-corrected chi connectivity index (χ2v) is 5.90. The van der Waals surface area contributed by atoms with E-state index in [0.29, 0.717) is 6.54 Å². The second-order valence-electron chi connectivity index (χ2n) is 4.84. The van der Waals surface area contributed by atoms with E-state index in [0.717, 1.165) is 39.2 Å². The van der Waals surface area contributed by atoms with Gasteiger partial charge in [0, 0.05) is 17.7 Å². The Morgan fingerprint density at radius 3 is 3.00 bits per heavy atom. The van der Waals surface area contributed by atoms with Crippen molar-refractivity contribution in [1.29, 1.82) is 0 Å². The van der Waals surface area contributed by atoms with Crippen molar-refractivity contribution in [1.82, 2.24) is 20.5 Å². The van der Waals surface area contributed by atoms with Gasteiger partial charge in [-0.2, -0.15) is 5.10 Å². The largest absolute Gasteiger partial charge is 0.351 e. The van der Waals surface area contributed by atoms with Crippen LogP contribution >= 0.6 is 11.3 Å². The van der Waals surface area contributed by atoms with Gasteiger partial charge in [-0.15, -0.1) is 11.3 Å². The minimum Gasteiger partial charge on any atom is -0.351 e. The van der Waals surface area contributed by atoms with Crippen LogP contribution in [-0.2, 0) is 6.42 Å². The normalized spacial score (nSPS) is 10.9. The highest BCUT2D eigenvalue weighted by atomic mass is 32.1. The SMILES string of the molecule is Cc1c(C(=O)NCCCc2ncn[nH]2)sc2ccccc12. The Kier molecular flexibility index (Phi) is 3.96. The van der Waals surface area contributed by atoms with E-state index in [2.05, 4.69) is 26.6 Å². The van der Waals surface area contributed by atoms with Gasteiger partial charge < -0.3 is 5.32 Å². The Labute approximate surface area is 126 Å². The summed E-state index contributed by atoms with van der Waals surface area (Å²) in [7, 11) is 0. The van der Waals surface area contributed by atoms with Gasteiger partial charge in [0.05, 0.1) is 4.88 Å². The number of aryl methyl sites for hydroxylation is 2. The van der Waals surface area contributed by atoms with Crippen LogP contribution < -0.4 is 5.32 Å². The lowest BCUT2D eigenvalue weighted by atomic mass is 10.1. The predicted octanol–water partition coefficient (Wildman–Crippen LogP) is 2.69. The molecule has 0 saturated carbocycles. The van der Waals surface area contributed by atoms with E-state index in [-0.39, 0.29) is 5.91 Å². The first kappa shape index (κ1) is 13.8. The fourth-order valence-electron chi connectivity index (χ4n) is 2.28. The third-order valence-corrected chi connectivity index (χ3v) is 4.66. The molecule has 0 saturated heterocycles. The number of hydrogen-bond donors (Lipinski definition) is 2. The highest BCUT2D eigenvalue weighted by molar-refractivity contribution is 7.21. The van der Waals surface area contributed by atoms with E-state index in [4.69, 9.17) is 0 Å². The fourth-order valence-corrected chi connectivity index (χ4v) is 3.41. The molecule has 0 fully saturated rings. The van der Waals surface area contributed by atoms with Crippen LogP contribution in [0.2, 0.25) is 0 Å². The molecule has 2 N–H and O–H groups in total. The topological polar surface area (TPSA) is 70.7 Å². The Bertz CT molecular complexity index is 748. The zero-order chi connectivity index (χ0) is 14.7. The van der Waals surface area contributed by atoms with Crippen molar-refractivity contribution in [3.05, 3.63) is 46.9 Å². The molecule has 3 aromatic rings. The molecule has 0 spiro atoms. The summed E-state index contributed by atoms with van der Waals surface area (Å²) in [6, 6.07) is 8.11. The Hall–Kier alpha value is -2.21. The predicted molar refractivity (Wildman–Crippen MR) is 83.6 cm³/mol. The minimum atomic E-state index is 0.00581. The molecule has 0 bridgehead atoms. The number of fused-ring (bicyclic) bond motifs is 1. The molecule has 2 aromatic heterocycles. The molecule has 0 unspecified atom stereocenters. The maximum atomic E-state index is 12.3. The lowest BCUT2D eigenvalue weighted by Gasteiger charge is -2.03. The van der Waals surface area contributed by atoms with Crippen LogP contribution in [0.5, 0.6) is 0 Å². The number of nitrogens with one attached hydrogen (secondary N) is 2. The van der Waals surface area contributed by atoms with Crippen LogP contribution in [0.1, 0.15) is 27.5 Å². The lowest BCUT2D eigenvalue weighted by molar-refractivity contribution is 0.0956. The van der Waals surface area contributed by atoms with Crippen molar-refractivity contribution < 1.29 is 4.79 Å². The molecular formula is C15H16N4OS. The van der Waals surface area contributed by atoms with Crippen molar-refractivity contribution in [2.45, 2.75) is 19.8 Å². The number of benzene rings is 1. The van der Waals surface area contributed by atoms with Gasteiger partial charge in [-0.05, 0) is 30.4 Å². The standard InChI is InChI=1S/C15H16N4OS/c1-10-11-5-2-3-6-12(11)21-14(10)15(20)16-8-4-7-13-17-9-18-19-13/h2-3,5-6,9H,4,7-8H2,1H3,(H,16,20)(H,17,18,19). The summed E-state index contributed by atoms with van der Waals surface area (Å²) in [5, 5.41) is 10.7. The van der Waals surface area contributed by atoms with E-state index in [1.54, 1.807) is 11.3 Å². The molecule has 0 aliphatic rings. The van der Waals surface area contributed by atoms with Gasteiger partial charge in [-0.3, -0.25) is 9.89 Å². The molecule has 0 aliphatic heterocycles. The van der Waals surface area contributed by atoms with Crippen LogP contribution in [0.4, 0.5) is 0 Å². The first-order valence-electron chi connectivity index (χ1n) is 6.86. The maximum Gasteiger partial charge on any atom is 0.261 e. The van der Waals surface area contributed by atoms with Crippen LogP contribution in [-0.4, -0.2) is 27.6 Å². The fraction of sp³-hybridized carbons (Fsp3) is 0.267. The molecule has 1 amide bonds. The number of H-pyrrole nitrogens is 1. The summed E-state index contributed by atoms with van der Waals surface area (Å²) in [6.45, 7) is 2.63. The van der Waals surface area contributed by atoms with Crippen molar-refractivity contribution in [3.8, 4) is 0 Å². The Morgan fingerprint density at radius 1 is 1.38 bits per heavy atom. The van der Waals surface area contributed by atoms with E-state index in [1.807, 2.05) is 25.1 Å². The number of carbonyl (C=O) groups excluding carboxylic acids is 1. The van der Waals surface area contributed by atoms with E-state index >= 15 is 0 Å². The third kappa shape index (κ3) is 2.95. The number of nitrogens with zero attached hydrogens (tertiary/aromatic N) is 2. The first-order chi connectivity index (χ1) is 10.3. The number of hydrogen-bond acceptors (Lipinski definition) is 4. The molecule has 3 rings (SSSR count). The van der Waals surface area contributed by atoms with Gasteiger partial charge in [-0.1, -0.05) is 18.2 Å². The summed E-state index contributed by atoms with van der Waals surface area (Å²) >= 11 is 1.55. The van der Waals surface area contributed by atoms with E-state index in [9.17, 15) is 4.79 Å². The molecule has 6 heteroatoms. The minimum absolute atomic E-state index is 0.00581. The number of thiophene rings is 1. The van der Waals surface area contributed by atoms with Gasteiger partial charge in [0.1, 0.15) is 12.2 Å². The highest BCUT2D eigenvalue weighted by Gasteiger charge is 2.14. The molecule has 0 atom stereocenters.